The smallest absolute Gasteiger partial charge is 0.247 e. The fourth-order valence-corrected chi connectivity index (χ4v) is 5.10. The van der Waals surface area contributed by atoms with Crippen LogP contribution in [-0.2, 0) is 22.1 Å². The molecule has 37 heavy (non-hydrogen) atoms. The molecule has 188 valence electrons. The number of nitrogens with two attached hydrogens (primary N) is 1. The first-order valence-electron chi connectivity index (χ1n) is 12.2. The van der Waals surface area contributed by atoms with Crippen molar-refractivity contribution in [1.82, 2.24) is 19.9 Å². The van der Waals surface area contributed by atoms with Crippen LogP contribution < -0.4 is 16.4 Å². The Kier molecular flexibility index (Phi) is 5.54. The molecule has 1 saturated carbocycles. The van der Waals surface area contributed by atoms with Gasteiger partial charge in [0.05, 0.1) is 29.8 Å². The number of aromatic nitrogens is 3. The Balaban J connectivity index is 1.48. The summed E-state index contributed by atoms with van der Waals surface area (Å²) >= 11 is 0. The van der Waals surface area contributed by atoms with Crippen LogP contribution in [0.15, 0.2) is 61.4 Å². The van der Waals surface area contributed by atoms with Crippen molar-refractivity contribution < 1.29 is 13.9 Å². The maximum absolute atomic E-state index is 15.8. The van der Waals surface area contributed by atoms with Crippen molar-refractivity contribution in [1.29, 1.82) is 0 Å². The van der Waals surface area contributed by atoms with Gasteiger partial charge in [0.25, 0.3) is 0 Å². The Hall–Kier alpha value is -4.08. The van der Waals surface area contributed by atoms with Gasteiger partial charge >= 0.3 is 0 Å². The van der Waals surface area contributed by atoms with Crippen LogP contribution in [0.5, 0.6) is 0 Å². The van der Waals surface area contributed by atoms with E-state index in [0.29, 0.717) is 52.9 Å². The summed E-state index contributed by atoms with van der Waals surface area (Å²) < 4.78 is 23.2. The second-order valence-corrected chi connectivity index (χ2v) is 9.70. The van der Waals surface area contributed by atoms with Gasteiger partial charge in [-0.25, -0.2) is 14.4 Å². The van der Waals surface area contributed by atoms with Gasteiger partial charge < -0.3 is 25.7 Å². The Bertz CT molecular complexity index is 1540. The summed E-state index contributed by atoms with van der Waals surface area (Å²) in [6.07, 6.45) is 4.86. The van der Waals surface area contributed by atoms with Gasteiger partial charge in [-0.2, -0.15) is 0 Å². The molecule has 2 aliphatic rings. The van der Waals surface area contributed by atoms with Crippen LogP contribution in [0.25, 0.3) is 33.4 Å². The maximum Gasteiger partial charge on any atom is 0.247 e. The number of rotatable bonds is 7. The minimum absolute atomic E-state index is 0.289. The molecule has 0 atom stereocenters. The summed E-state index contributed by atoms with van der Waals surface area (Å²) in [7, 11) is 1.89. The zero-order valence-corrected chi connectivity index (χ0v) is 20.4. The van der Waals surface area contributed by atoms with Crippen molar-refractivity contribution in [3.05, 3.63) is 72.8 Å². The lowest BCUT2D eigenvalue weighted by molar-refractivity contribution is -0.111. The maximum atomic E-state index is 15.8. The lowest BCUT2D eigenvalue weighted by Gasteiger charge is -2.43. The Labute approximate surface area is 213 Å². The number of fused-ring (bicyclic) bond motifs is 1. The van der Waals surface area contributed by atoms with Crippen LogP contribution in [0.1, 0.15) is 18.4 Å². The third kappa shape index (κ3) is 3.96. The minimum atomic E-state index is -0.487. The molecule has 2 fully saturated rings. The molecule has 6 rings (SSSR count). The molecule has 1 aliphatic heterocycles. The van der Waals surface area contributed by atoms with Gasteiger partial charge in [0, 0.05) is 29.9 Å². The monoisotopic (exact) mass is 498 g/mol. The van der Waals surface area contributed by atoms with E-state index in [1.54, 1.807) is 18.2 Å². The fraction of sp³-hybridized carbons (Fsp3) is 0.250. The van der Waals surface area contributed by atoms with E-state index in [1.165, 1.54) is 12.4 Å². The van der Waals surface area contributed by atoms with Crippen molar-refractivity contribution >= 4 is 28.4 Å². The quantitative estimate of drug-likeness (QED) is 0.331. The van der Waals surface area contributed by atoms with Gasteiger partial charge in [-0.05, 0) is 48.2 Å². The molecule has 9 heteroatoms. The minimum Gasteiger partial charge on any atom is -0.383 e. The van der Waals surface area contributed by atoms with Gasteiger partial charge in [0.15, 0.2) is 0 Å². The second kappa shape index (κ2) is 8.79. The number of carbonyl (C=O) groups excluding carboxylic acids is 1. The molecule has 0 bridgehead atoms. The Morgan fingerprint density at radius 3 is 2.54 bits per heavy atom. The highest BCUT2D eigenvalue weighted by atomic mass is 19.1. The summed E-state index contributed by atoms with van der Waals surface area (Å²) in [5.74, 6) is -0.266. The first-order valence-corrected chi connectivity index (χ1v) is 12.2. The van der Waals surface area contributed by atoms with Crippen LogP contribution in [0.3, 0.4) is 0 Å². The third-order valence-electron chi connectivity index (χ3n) is 7.14. The summed E-state index contributed by atoms with van der Waals surface area (Å²) in [4.78, 5) is 20.4. The Morgan fingerprint density at radius 2 is 1.92 bits per heavy atom. The van der Waals surface area contributed by atoms with Crippen molar-refractivity contribution in [3.8, 4) is 22.4 Å². The summed E-state index contributed by atoms with van der Waals surface area (Å²) in [5, 5.41) is 6.99. The number of aryl methyl sites for hydroxylation is 1. The molecule has 4 aromatic rings. The number of nitrogen functional groups attached to an aromatic ring is 1. The predicted octanol–water partition coefficient (Wildman–Crippen LogP) is 4.13. The van der Waals surface area contributed by atoms with Gasteiger partial charge in [-0.15, -0.1) is 0 Å². The summed E-state index contributed by atoms with van der Waals surface area (Å²) in [5.41, 5.74) is 10.8. The molecule has 1 saturated heterocycles. The Morgan fingerprint density at radius 1 is 1.19 bits per heavy atom. The number of carbonyl (C=O) groups is 1. The number of nitrogens with zero attached hydrogens (tertiary/aromatic N) is 3. The summed E-state index contributed by atoms with van der Waals surface area (Å²) in [6.45, 7) is 4.39. The van der Waals surface area contributed by atoms with Crippen LogP contribution in [0.4, 0.5) is 15.9 Å². The fourth-order valence-electron chi connectivity index (χ4n) is 5.10. The standard InChI is InChI=1S/C28H27FN6O2/c1-3-22(36)33-18-7-4-16(5-8-18)25-23(24-26(30)31-15-32-27(24)35(25)2)17-6-11-20(21(29)12-17)28(13-37-14-28)34-19-9-10-19/h3-8,11-12,15,19,34H,1,9-10,13-14H2,2H3,(H,33,36)(H2,30,31,32). The number of benzene rings is 2. The number of hydrogen-bond acceptors (Lipinski definition) is 6. The van der Waals surface area contributed by atoms with Crippen LogP contribution >= 0.6 is 0 Å². The molecule has 8 nitrogen and oxygen atoms in total. The van der Waals surface area contributed by atoms with Crippen molar-refractivity contribution in [2.24, 2.45) is 7.05 Å². The highest BCUT2D eigenvalue weighted by Crippen LogP contribution is 2.43. The van der Waals surface area contributed by atoms with E-state index in [9.17, 15) is 4.79 Å². The van der Waals surface area contributed by atoms with Crippen molar-refractivity contribution in [3.63, 3.8) is 0 Å². The second-order valence-electron chi connectivity index (χ2n) is 9.70. The van der Waals surface area contributed by atoms with Gasteiger partial charge in [0.1, 0.15) is 23.6 Å². The molecule has 0 spiro atoms. The number of anilines is 2. The first-order chi connectivity index (χ1) is 17.9. The van der Waals surface area contributed by atoms with Gasteiger partial charge in [0.2, 0.25) is 5.91 Å². The molecular formula is C28H27FN6O2. The van der Waals surface area contributed by atoms with E-state index >= 15 is 4.39 Å². The first kappa shape index (κ1) is 23.3. The van der Waals surface area contributed by atoms with E-state index in [1.807, 2.05) is 35.9 Å². The molecule has 1 amide bonds. The van der Waals surface area contributed by atoms with Crippen LogP contribution in [0, 0.1) is 5.82 Å². The van der Waals surface area contributed by atoms with Gasteiger partial charge in [-0.1, -0.05) is 30.8 Å². The average molecular weight is 499 g/mol. The van der Waals surface area contributed by atoms with E-state index in [2.05, 4.69) is 27.2 Å². The average Bonchev–Trinajstić information content (AvgIpc) is 3.64. The van der Waals surface area contributed by atoms with Crippen LogP contribution in [0.2, 0.25) is 0 Å². The number of hydrogen-bond donors (Lipinski definition) is 3. The SMILES string of the molecule is C=CC(=O)Nc1ccc(-c2c(-c3ccc(C4(NC5CC5)COC4)c(F)c3)c3c(N)ncnc3n2C)cc1. The lowest BCUT2D eigenvalue weighted by atomic mass is 9.85. The van der Waals surface area contributed by atoms with E-state index in [0.717, 1.165) is 29.7 Å². The lowest BCUT2D eigenvalue weighted by Crippen LogP contribution is -2.58. The largest absolute Gasteiger partial charge is 0.383 e. The molecule has 1 aliphatic carbocycles. The molecule has 0 radical (unpaired) electrons. The number of nitrogens with one attached hydrogen (secondary N) is 2. The molecule has 2 aromatic carbocycles. The molecule has 3 heterocycles. The topological polar surface area (TPSA) is 107 Å². The highest BCUT2D eigenvalue weighted by molar-refractivity contribution is 6.08. The molecule has 0 unspecified atom stereocenters. The highest BCUT2D eigenvalue weighted by Gasteiger charge is 2.45. The van der Waals surface area contributed by atoms with Crippen molar-refractivity contribution in [2.45, 2.75) is 24.4 Å². The van der Waals surface area contributed by atoms with Gasteiger partial charge in [-0.3, -0.25) is 4.79 Å². The van der Waals surface area contributed by atoms with E-state index in [4.69, 9.17) is 10.5 Å². The number of ether oxygens (including phenoxy) is 1. The molecule has 4 N–H and O–H groups in total. The third-order valence-corrected chi connectivity index (χ3v) is 7.14. The van der Waals surface area contributed by atoms with E-state index < -0.39 is 5.54 Å². The van der Waals surface area contributed by atoms with E-state index in [-0.39, 0.29) is 11.7 Å². The zero-order chi connectivity index (χ0) is 25.7. The molecule has 2 aromatic heterocycles. The summed E-state index contributed by atoms with van der Waals surface area (Å²) in [6, 6.07) is 13.2. The zero-order valence-electron chi connectivity index (χ0n) is 20.4. The number of halogens is 1. The van der Waals surface area contributed by atoms with Crippen molar-refractivity contribution in [2.75, 3.05) is 24.3 Å². The predicted molar refractivity (Wildman–Crippen MR) is 141 cm³/mol. The normalized spacial score (nSPS) is 16.4. The number of amides is 1. The molecular weight excluding hydrogens is 471 g/mol. The van der Waals surface area contributed by atoms with Crippen LogP contribution in [-0.4, -0.2) is 39.7 Å².